The zero-order valence-corrected chi connectivity index (χ0v) is 12.6. The summed E-state index contributed by atoms with van der Waals surface area (Å²) in [5.41, 5.74) is 1.62. The Balaban J connectivity index is 2.91. The molecule has 4 heteroatoms. The summed E-state index contributed by atoms with van der Waals surface area (Å²) < 4.78 is 5.21. The molecule has 1 aliphatic carbocycles. The highest BCUT2D eigenvalue weighted by Crippen LogP contribution is 2.28. The Bertz CT molecular complexity index is 453. The maximum atomic E-state index is 11.8. The molecule has 0 aromatic carbocycles. The van der Waals surface area contributed by atoms with E-state index in [4.69, 9.17) is 4.74 Å². The number of carbonyl (C=O) groups is 2. The Hall–Kier alpha value is -1.58. The Morgan fingerprint density at radius 1 is 1.37 bits per heavy atom. The Morgan fingerprint density at radius 3 is 2.42 bits per heavy atom. The predicted molar refractivity (Wildman–Crippen MR) is 74.6 cm³/mol. The molecule has 0 bridgehead atoms. The molecule has 0 heterocycles. The minimum absolute atomic E-state index is 0.0355. The first kappa shape index (κ1) is 15.5. The lowest BCUT2D eigenvalue weighted by Gasteiger charge is -2.25. The summed E-state index contributed by atoms with van der Waals surface area (Å²) in [6.07, 6.45) is 2.22. The van der Waals surface area contributed by atoms with Crippen molar-refractivity contribution in [3.8, 4) is 0 Å². The third kappa shape index (κ3) is 4.54. The molecular weight excluding hydrogens is 242 g/mol. The van der Waals surface area contributed by atoms with Crippen LogP contribution in [0.2, 0.25) is 0 Å². The van der Waals surface area contributed by atoms with E-state index >= 15 is 0 Å². The van der Waals surface area contributed by atoms with Gasteiger partial charge in [0.15, 0.2) is 5.78 Å². The summed E-state index contributed by atoms with van der Waals surface area (Å²) in [6, 6.07) is 0. The summed E-state index contributed by atoms with van der Waals surface area (Å²) in [5, 5.41) is 2.69. The number of hydrogen-bond donors (Lipinski definition) is 1. The molecule has 1 N–H and O–H groups in total. The molecule has 0 saturated heterocycles. The lowest BCUT2D eigenvalue weighted by molar-refractivity contribution is -0.113. The number of Topliss-reactive ketones (excluding diaryl/α,β-unsaturated/α-hetero) is 1. The molecule has 0 aromatic rings. The van der Waals surface area contributed by atoms with Crippen molar-refractivity contribution in [1.29, 1.82) is 0 Å². The van der Waals surface area contributed by atoms with Gasteiger partial charge in [0, 0.05) is 5.57 Å². The van der Waals surface area contributed by atoms with E-state index < -0.39 is 11.7 Å². The first-order valence-electron chi connectivity index (χ1n) is 6.53. The van der Waals surface area contributed by atoms with Crippen molar-refractivity contribution in [3.63, 3.8) is 0 Å². The minimum atomic E-state index is -0.555. The van der Waals surface area contributed by atoms with Crippen LogP contribution in [0.15, 0.2) is 22.9 Å². The van der Waals surface area contributed by atoms with E-state index in [1.807, 2.05) is 13.0 Å². The Kier molecular flexibility index (Phi) is 4.56. The maximum Gasteiger partial charge on any atom is 0.412 e. The molecule has 1 unspecified atom stereocenters. The second-order valence-electron chi connectivity index (χ2n) is 6.10. The molecule has 1 rings (SSSR count). The van der Waals surface area contributed by atoms with E-state index in [1.54, 1.807) is 20.8 Å². The first-order chi connectivity index (χ1) is 8.60. The molecule has 1 amide bonds. The van der Waals surface area contributed by atoms with E-state index in [1.165, 1.54) is 6.92 Å². The lowest BCUT2D eigenvalue weighted by atomic mass is 9.88. The predicted octanol–water partition coefficient (Wildman–Crippen LogP) is 3.34. The number of nitrogens with one attached hydrogen (secondary N) is 1. The molecule has 1 atom stereocenters. The van der Waals surface area contributed by atoms with Gasteiger partial charge in [0.25, 0.3) is 0 Å². The van der Waals surface area contributed by atoms with Crippen LogP contribution in [0.3, 0.4) is 0 Å². The van der Waals surface area contributed by atoms with Crippen LogP contribution in [-0.4, -0.2) is 17.5 Å². The molecule has 1 aliphatic rings. The molecule has 19 heavy (non-hydrogen) atoms. The van der Waals surface area contributed by atoms with Crippen LogP contribution in [0.1, 0.15) is 48.0 Å². The molecule has 0 fully saturated rings. The number of amides is 1. The van der Waals surface area contributed by atoms with Crippen LogP contribution in [-0.2, 0) is 9.53 Å². The van der Waals surface area contributed by atoms with Crippen molar-refractivity contribution in [2.75, 3.05) is 0 Å². The molecule has 0 aromatic heterocycles. The van der Waals surface area contributed by atoms with E-state index in [-0.39, 0.29) is 5.78 Å². The monoisotopic (exact) mass is 265 g/mol. The largest absolute Gasteiger partial charge is 0.444 e. The number of hydrogen-bond acceptors (Lipinski definition) is 3. The van der Waals surface area contributed by atoms with E-state index in [0.717, 1.165) is 12.0 Å². The standard InChI is InChI=1S/C15H23NO3/c1-9-7-10(2)13(11(3)17)12(8-9)16-14(18)19-15(4,5)6/h8-9H,7H2,1-6H3,(H,16,18). The van der Waals surface area contributed by atoms with Gasteiger partial charge in [0.1, 0.15) is 5.60 Å². The van der Waals surface area contributed by atoms with E-state index in [2.05, 4.69) is 12.2 Å². The number of rotatable bonds is 2. The summed E-state index contributed by atoms with van der Waals surface area (Å²) in [4.78, 5) is 23.5. The number of carbonyl (C=O) groups excluding carboxylic acids is 2. The van der Waals surface area contributed by atoms with Crippen molar-refractivity contribution in [3.05, 3.63) is 22.9 Å². The summed E-state index contributed by atoms with van der Waals surface area (Å²) in [6.45, 7) is 10.9. The second-order valence-corrected chi connectivity index (χ2v) is 6.10. The highest BCUT2D eigenvalue weighted by Gasteiger charge is 2.24. The highest BCUT2D eigenvalue weighted by molar-refractivity contribution is 5.99. The van der Waals surface area contributed by atoms with Gasteiger partial charge in [-0.25, -0.2) is 4.79 Å². The zero-order valence-electron chi connectivity index (χ0n) is 12.6. The fraction of sp³-hybridized carbons (Fsp3) is 0.600. The normalized spacial score (nSPS) is 19.9. The smallest absolute Gasteiger partial charge is 0.412 e. The molecule has 0 aliphatic heterocycles. The minimum Gasteiger partial charge on any atom is -0.444 e. The van der Waals surface area contributed by atoms with Gasteiger partial charge in [-0.1, -0.05) is 18.6 Å². The molecule has 0 saturated carbocycles. The number of ether oxygens (including phenoxy) is 1. The first-order valence-corrected chi connectivity index (χ1v) is 6.53. The van der Waals surface area contributed by atoms with Gasteiger partial charge < -0.3 is 4.74 Å². The van der Waals surface area contributed by atoms with E-state index in [0.29, 0.717) is 17.2 Å². The van der Waals surface area contributed by atoms with Crippen molar-refractivity contribution in [2.24, 2.45) is 5.92 Å². The molecule has 0 radical (unpaired) electrons. The van der Waals surface area contributed by atoms with Crippen LogP contribution >= 0.6 is 0 Å². The van der Waals surface area contributed by atoms with Crippen LogP contribution in [0.25, 0.3) is 0 Å². The molecule has 106 valence electrons. The number of alkyl carbamates (subject to hydrolysis) is 1. The third-order valence-corrected chi connectivity index (χ3v) is 2.76. The van der Waals surface area contributed by atoms with Crippen molar-refractivity contribution in [2.45, 2.75) is 53.6 Å². The highest BCUT2D eigenvalue weighted by atomic mass is 16.6. The van der Waals surface area contributed by atoms with Gasteiger partial charge in [0.2, 0.25) is 0 Å². The molecular formula is C15H23NO3. The Morgan fingerprint density at radius 2 is 1.95 bits per heavy atom. The second kappa shape index (κ2) is 5.59. The van der Waals surface area contributed by atoms with Gasteiger partial charge in [-0.15, -0.1) is 0 Å². The van der Waals surface area contributed by atoms with Crippen LogP contribution in [0.5, 0.6) is 0 Å². The molecule has 4 nitrogen and oxygen atoms in total. The fourth-order valence-electron chi connectivity index (χ4n) is 2.25. The van der Waals surface area contributed by atoms with Crippen LogP contribution in [0.4, 0.5) is 4.79 Å². The zero-order chi connectivity index (χ0) is 14.8. The van der Waals surface area contributed by atoms with E-state index in [9.17, 15) is 9.59 Å². The quantitative estimate of drug-likeness (QED) is 0.833. The Labute approximate surface area is 114 Å². The lowest BCUT2D eigenvalue weighted by Crippen LogP contribution is -2.34. The van der Waals surface area contributed by atoms with Gasteiger partial charge in [-0.3, -0.25) is 10.1 Å². The van der Waals surface area contributed by atoms with Crippen molar-refractivity contribution >= 4 is 11.9 Å². The number of allylic oxidation sites excluding steroid dienone is 3. The van der Waals surface area contributed by atoms with Gasteiger partial charge in [-0.2, -0.15) is 0 Å². The van der Waals surface area contributed by atoms with Gasteiger partial charge in [-0.05, 0) is 47.0 Å². The summed E-state index contributed by atoms with van der Waals surface area (Å²) in [7, 11) is 0. The summed E-state index contributed by atoms with van der Waals surface area (Å²) >= 11 is 0. The topological polar surface area (TPSA) is 55.4 Å². The van der Waals surface area contributed by atoms with Gasteiger partial charge >= 0.3 is 6.09 Å². The van der Waals surface area contributed by atoms with Gasteiger partial charge in [0.05, 0.1) is 5.70 Å². The summed E-state index contributed by atoms with van der Waals surface area (Å²) in [5.74, 6) is 0.264. The maximum absolute atomic E-state index is 11.8. The number of ketones is 1. The average Bonchev–Trinajstić information content (AvgIpc) is 2.10. The SMILES string of the molecule is CC(=O)C1=C(C)CC(C)C=C1NC(=O)OC(C)(C)C. The average molecular weight is 265 g/mol. The van der Waals surface area contributed by atoms with Crippen LogP contribution in [0, 0.1) is 5.92 Å². The van der Waals surface area contributed by atoms with Crippen molar-refractivity contribution < 1.29 is 14.3 Å². The fourth-order valence-corrected chi connectivity index (χ4v) is 2.25. The third-order valence-electron chi connectivity index (χ3n) is 2.76. The van der Waals surface area contributed by atoms with Crippen LogP contribution < -0.4 is 5.32 Å². The molecule has 0 spiro atoms. The van der Waals surface area contributed by atoms with Crippen molar-refractivity contribution in [1.82, 2.24) is 5.32 Å².